The predicted molar refractivity (Wildman–Crippen MR) is 78.6 cm³/mol. The summed E-state index contributed by atoms with van der Waals surface area (Å²) in [5, 5.41) is 0. The van der Waals surface area contributed by atoms with Gasteiger partial charge in [0.05, 0.1) is 0 Å². The van der Waals surface area contributed by atoms with E-state index < -0.39 is 0 Å². The number of halogens is 1. The van der Waals surface area contributed by atoms with E-state index in [1.165, 1.54) is 11.1 Å². The third kappa shape index (κ3) is 2.16. The van der Waals surface area contributed by atoms with Crippen LogP contribution >= 0.6 is 0 Å². The molecule has 0 radical (unpaired) electrons. The first kappa shape index (κ1) is 13.1. The third-order valence-corrected chi connectivity index (χ3v) is 3.78. The molecule has 0 atom stereocenters. The number of aryl methyl sites for hydroxylation is 2. The highest BCUT2D eigenvalue weighted by Crippen LogP contribution is 2.34. The summed E-state index contributed by atoms with van der Waals surface area (Å²) in [6.07, 6.45) is 3.67. The predicted octanol–water partition coefficient (Wildman–Crippen LogP) is 3.07. The minimum absolute atomic E-state index is 0.190. The van der Waals surface area contributed by atoms with Crippen LogP contribution in [0.5, 0.6) is 0 Å². The largest absolute Gasteiger partial charge is 0.326 e. The number of pyridine rings is 1. The Morgan fingerprint density at radius 1 is 1.35 bits per heavy atom. The first-order valence-electron chi connectivity index (χ1n) is 6.91. The molecule has 0 bridgehead atoms. The molecule has 104 valence electrons. The summed E-state index contributed by atoms with van der Waals surface area (Å²) in [6.45, 7) is 3.05. The lowest BCUT2D eigenvalue weighted by molar-refractivity contribution is 0.597. The van der Waals surface area contributed by atoms with Gasteiger partial charge in [-0.1, -0.05) is 17.7 Å². The molecule has 0 fully saturated rings. The number of fused-ring (bicyclic) bond motifs is 1. The maximum Gasteiger partial charge on any atom is 0.170 e. The normalized spacial score (nSPS) is 14.2. The van der Waals surface area contributed by atoms with Gasteiger partial charge in [-0.05, 0) is 37.5 Å². The van der Waals surface area contributed by atoms with Crippen LogP contribution in [-0.2, 0) is 13.0 Å². The molecule has 1 aliphatic rings. The summed E-state index contributed by atoms with van der Waals surface area (Å²) >= 11 is 0. The molecule has 20 heavy (non-hydrogen) atoms. The zero-order valence-corrected chi connectivity index (χ0v) is 11.6. The molecular formula is C16H18FN3. The van der Waals surface area contributed by atoms with Crippen molar-refractivity contribution in [2.24, 2.45) is 5.73 Å². The van der Waals surface area contributed by atoms with Gasteiger partial charge in [-0.2, -0.15) is 0 Å². The Kier molecular flexibility index (Phi) is 3.40. The molecule has 0 aliphatic carbocycles. The number of nitrogens with zero attached hydrogens (tertiary/aromatic N) is 2. The van der Waals surface area contributed by atoms with Gasteiger partial charge in [0.25, 0.3) is 0 Å². The maximum absolute atomic E-state index is 14.4. The van der Waals surface area contributed by atoms with E-state index >= 15 is 0 Å². The lowest BCUT2D eigenvalue weighted by atomic mass is 9.99. The summed E-state index contributed by atoms with van der Waals surface area (Å²) in [5.41, 5.74) is 9.63. The van der Waals surface area contributed by atoms with Crippen LogP contribution in [0.25, 0.3) is 0 Å². The number of benzene rings is 1. The standard InChI is InChI=1S/C16H18FN3/c1-11-4-5-14-12(9-11)3-2-8-20(14)16-15(17)13(10-18)6-7-19-16/h4-7,9H,2-3,8,10,18H2,1H3. The highest BCUT2D eigenvalue weighted by Gasteiger charge is 2.22. The van der Waals surface area contributed by atoms with Crippen molar-refractivity contribution in [3.63, 3.8) is 0 Å². The van der Waals surface area contributed by atoms with Crippen LogP contribution in [-0.4, -0.2) is 11.5 Å². The first-order chi connectivity index (χ1) is 9.70. The van der Waals surface area contributed by atoms with Crippen LogP contribution in [0.4, 0.5) is 15.9 Å². The minimum Gasteiger partial charge on any atom is -0.326 e. The van der Waals surface area contributed by atoms with Gasteiger partial charge in [0.15, 0.2) is 11.6 Å². The molecule has 3 rings (SSSR count). The second-order valence-corrected chi connectivity index (χ2v) is 5.20. The first-order valence-corrected chi connectivity index (χ1v) is 6.91. The van der Waals surface area contributed by atoms with Crippen molar-refractivity contribution in [1.82, 2.24) is 4.98 Å². The molecule has 2 N–H and O–H groups in total. The molecule has 0 saturated carbocycles. The molecule has 4 heteroatoms. The second-order valence-electron chi connectivity index (χ2n) is 5.20. The van der Waals surface area contributed by atoms with E-state index in [0.29, 0.717) is 11.4 Å². The smallest absolute Gasteiger partial charge is 0.170 e. The van der Waals surface area contributed by atoms with E-state index in [4.69, 9.17) is 5.73 Å². The van der Waals surface area contributed by atoms with Gasteiger partial charge in [-0.15, -0.1) is 0 Å². The number of hydrogen-bond acceptors (Lipinski definition) is 3. The van der Waals surface area contributed by atoms with Gasteiger partial charge in [0.1, 0.15) is 0 Å². The third-order valence-electron chi connectivity index (χ3n) is 3.78. The van der Waals surface area contributed by atoms with Crippen molar-refractivity contribution < 1.29 is 4.39 Å². The molecule has 2 heterocycles. The van der Waals surface area contributed by atoms with Crippen LogP contribution in [0, 0.1) is 12.7 Å². The molecule has 1 aliphatic heterocycles. The van der Waals surface area contributed by atoms with Crippen molar-refractivity contribution in [3.8, 4) is 0 Å². The average molecular weight is 271 g/mol. The van der Waals surface area contributed by atoms with Gasteiger partial charge >= 0.3 is 0 Å². The molecule has 3 nitrogen and oxygen atoms in total. The summed E-state index contributed by atoms with van der Waals surface area (Å²) in [7, 11) is 0. The van der Waals surface area contributed by atoms with Crippen molar-refractivity contribution in [2.45, 2.75) is 26.3 Å². The minimum atomic E-state index is -0.302. The Bertz CT molecular complexity index is 640. The Labute approximate surface area is 118 Å². The molecule has 0 saturated heterocycles. The zero-order valence-electron chi connectivity index (χ0n) is 11.6. The fourth-order valence-electron chi connectivity index (χ4n) is 2.76. The van der Waals surface area contributed by atoms with Crippen molar-refractivity contribution in [1.29, 1.82) is 0 Å². The van der Waals surface area contributed by atoms with Crippen molar-refractivity contribution >= 4 is 11.5 Å². The molecule has 0 spiro atoms. The molecule has 1 aromatic heterocycles. The number of aromatic nitrogens is 1. The molecular weight excluding hydrogens is 253 g/mol. The van der Waals surface area contributed by atoms with E-state index in [0.717, 1.165) is 25.1 Å². The molecule has 1 aromatic carbocycles. The van der Waals surface area contributed by atoms with Crippen molar-refractivity contribution in [3.05, 3.63) is 53.0 Å². The van der Waals surface area contributed by atoms with E-state index in [-0.39, 0.29) is 12.4 Å². The zero-order chi connectivity index (χ0) is 14.1. The Morgan fingerprint density at radius 3 is 3.00 bits per heavy atom. The van der Waals surface area contributed by atoms with Gasteiger partial charge in [-0.3, -0.25) is 0 Å². The SMILES string of the molecule is Cc1ccc2c(c1)CCCN2c1nccc(CN)c1F. The van der Waals surface area contributed by atoms with Gasteiger partial charge in [-0.25, -0.2) is 9.37 Å². The monoisotopic (exact) mass is 271 g/mol. The van der Waals surface area contributed by atoms with Gasteiger partial charge in [0, 0.05) is 30.5 Å². The average Bonchev–Trinajstić information content (AvgIpc) is 2.46. The van der Waals surface area contributed by atoms with E-state index in [1.54, 1.807) is 12.3 Å². The Balaban J connectivity index is 2.09. The summed E-state index contributed by atoms with van der Waals surface area (Å²) in [5.74, 6) is 0.0844. The molecule has 2 aromatic rings. The number of anilines is 2. The number of rotatable bonds is 2. The van der Waals surface area contributed by atoms with Gasteiger partial charge < -0.3 is 10.6 Å². The lowest BCUT2D eigenvalue weighted by Crippen LogP contribution is -2.26. The van der Waals surface area contributed by atoms with Crippen molar-refractivity contribution in [2.75, 3.05) is 11.4 Å². The molecule has 0 unspecified atom stereocenters. The Morgan fingerprint density at radius 2 is 2.20 bits per heavy atom. The van der Waals surface area contributed by atoms with E-state index in [9.17, 15) is 4.39 Å². The Hall–Kier alpha value is -1.94. The molecule has 0 amide bonds. The highest BCUT2D eigenvalue weighted by molar-refractivity contribution is 5.66. The number of hydrogen-bond donors (Lipinski definition) is 1. The summed E-state index contributed by atoms with van der Waals surface area (Å²) in [4.78, 5) is 6.19. The summed E-state index contributed by atoms with van der Waals surface area (Å²) in [6, 6.07) is 7.92. The fourth-order valence-corrected chi connectivity index (χ4v) is 2.76. The van der Waals surface area contributed by atoms with Crippen LogP contribution in [0.15, 0.2) is 30.5 Å². The van der Waals surface area contributed by atoms with Crippen LogP contribution in [0.2, 0.25) is 0 Å². The fraction of sp³-hybridized carbons (Fsp3) is 0.312. The second kappa shape index (κ2) is 5.21. The van der Waals surface area contributed by atoms with Crippen LogP contribution in [0.1, 0.15) is 23.1 Å². The summed E-state index contributed by atoms with van der Waals surface area (Å²) < 4.78 is 14.4. The van der Waals surface area contributed by atoms with Crippen LogP contribution in [0.3, 0.4) is 0 Å². The number of nitrogens with two attached hydrogens (primary N) is 1. The topological polar surface area (TPSA) is 42.2 Å². The van der Waals surface area contributed by atoms with E-state index in [1.807, 2.05) is 4.90 Å². The van der Waals surface area contributed by atoms with E-state index in [2.05, 4.69) is 30.1 Å². The highest BCUT2D eigenvalue weighted by atomic mass is 19.1. The maximum atomic E-state index is 14.4. The van der Waals surface area contributed by atoms with Gasteiger partial charge in [0.2, 0.25) is 0 Å². The lowest BCUT2D eigenvalue weighted by Gasteiger charge is -2.31. The van der Waals surface area contributed by atoms with Crippen LogP contribution < -0.4 is 10.6 Å². The quantitative estimate of drug-likeness (QED) is 0.912.